The van der Waals surface area contributed by atoms with Gasteiger partial charge in [0.25, 0.3) is 15.9 Å². The molecule has 1 aliphatic carbocycles. The van der Waals surface area contributed by atoms with E-state index in [1.165, 1.54) is 0 Å². The molecule has 0 heterocycles. The van der Waals surface area contributed by atoms with Crippen LogP contribution in [0.25, 0.3) is 0 Å². The van der Waals surface area contributed by atoms with Crippen LogP contribution in [0.2, 0.25) is 0 Å². The minimum atomic E-state index is -3.77. The first-order valence-corrected chi connectivity index (χ1v) is 9.79. The zero-order chi connectivity index (χ0) is 18.6. The average molecular weight is 368 g/mol. The highest BCUT2D eigenvalue weighted by Crippen LogP contribution is 2.21. The Balaban J connectivity index is 1.85. The van der Waals surface area contributed by atoms with E-state index in [-0.39, 0.29) is 22.1 Å². The second kappa shape index (κ2) is 7.58. The van der Waals surface area contributed by atoms with E-state index in [2.05, 4.69) is 10.0 Å². The summed E-state index contributed by atoms with van der Waals surface area (Å²) in [6, 6.07) is 13.1. The SMILES string of the molecule is Cc1ccc(S(=O)(=O)Nc2ccccc2C(=O)NC2=CC=CCC2)cc1. The zero-order valence-electron chi connectivity index (χ0n) is 14.4. The fraction of sp³-hybridized carbons (Fsp3) is 0.150. The Kier molecular flexibility index (Phi) is 5.23. The molecule has 0 spiro atoms. The van der Waals surface area contributed by atoms with E-state index >= 15 is 0 Å². The standard InChI is InChI=1S/C20H20N2O3S/c1-15-11-13-17(14-12-15)26(24,25)22-19-10-6-5-9-18(19)20(23)21-16-7-3-2-4-8-16/h2-3,5-7,9-14,22H,4,8H2,1H3,(H,21,23). The topological polar surface area (TPSA) is 75.3 Å². The number of carbonyl (C=O) groups excluding carboxylic acids is 1. The zero-order valence-corrected chi connectivity index (χ0v) is 15.2. The van der Waals surface area contributed by atoms with Crippen molar-refractivity contribution in [2.24, 2.45) is 0 Å². The molecule has 6 heteroatoms. The van der Waals surface area contributed by atoms with Gasteiger partial charge in [0.15, 0.2) is 0 Å². The van der Waals surface area contributed by atoms with E-state index in [9.17, 15) is 13.2 Å². The summed E-state index contributed by atoms with van der Waals surface area (Å²) in [5.41, 5.74) is 2.31. The van der Waals surface area contributed by atoms with Gasteiger partial charge in [0, 0.05) is 5.70 Å². The molecule has 0 bridgehead atoms. The first-order valence-electron chi connectivity index (χ1n) is 8.31. The van der Waals surface area contributed by atoms with Crippen LogP contribution in [-0.2, 0) is 10.0 Å². The maximum atomic E-state index is 12.6. The summed E-state index contributed by atoms with van der Waals surface area (Å²) < 4.78 is 27.7. The van der Waals surface area contributed by atoms with Crippen LogP contribution in [0.15, 0.2) is 77.4 Å². The molecule has 1 aliphatic rings. The van der Waals surface area contributed by atoms with Crippen molar-refractivity contribution >= 4 is 21.6 Å². The number of nitrogens with one attached hydrogen (secondary N) is 2. The summed E-state index contributed by atoms with van der Waals surface area (Å²) in [5.74, 6) is -0.339. The van der Waals surface area contributed by atoms with Crippen LogP contribution >= 0.6 is 0 Å². The molecule has 0 aromatic heterocycles. The molecule has 1 amide bonds. The maximum absolute atomic E-state index is 12.6. The number of hydrogen-bond acceptors (Lipinski definition) is 3. The van der Waals surface area contributed by atoms with Gasteiger partial charge in [0.05, 0.1) is 16.1 Å². The minimum Gasteiger partial charge on any atom is -0.326 e. The third kappa shape index (κ3) is 4.21. The van der Waals surface area contributed by atoms with Crippen molar-refractivity contribution in [1.82, 2.24) is 5.32 Å². The van der Waals surface area contributed by atoms with E-state index in [0.29, 0.717) is 0 Å². The third-order valence-corrected chi connectivity index (χ3v) is 5.42. The van der Waals surface area contributed by atoms with E-state index in [0.717, 1.165) is 24.1 Å². The van der Waals surface area contributed by atoms with E-state index in [4.69, 9.17) is 0 Å². The van der Waals surface area contributed by atoms with Gasteiger partial charge in [-0.25, -0.2) is 8.42 Å². The second-order valence-electron chi connectivity index (χ2n) is 6.08. The Hall–Kier alpha value is -2.86. The van der Waals surface area contributed by atoms with Crippen molar-refractivity contribution in [3.05, 3.63) is 83.6 Å². The molecule has 2 aromatic rings. The summed E-state index contributed by atoms with van der Waals surface area (Å²) in [7, 11) is -3.77. The first-order chi connectivity index (χ1) is 12.5. The molecule has 0 saturated carbocycles. The van der Waals surface area contributed by atoms with Crippen molar-refractivity contribution < 1.29 is 13.2 Å². The normalized spacial score (nSPS) is 13.8. The highest BCUT2D eigenvalue weighted by Gasteiger charge is 2.19. The van der Waals surface area contributed by atoms with E-state index in [1.807, 2.05) is 25.2 Å². The van der Waals surface area contributed by atoms with E-state index < -0.39 is 10.0 Å². The van der Waals surface area contributed by atoms with Gasteiger partial charge in [0.2, 0.25) is 0 Å². The van der Waals surface area contributed by atoms with E-state index in [1.54, 1.807) is 48.5 Å². The molecule has 0 unspecified atom stereocenters. The number of carbonyl (C=O) groups is 1. The van der Waals surface area contributed by atoms with Crippen LogP contribution in [0, 0.1) is 6.92 Å². The Morgan fingerprint density at radius 3 is 2.46 bits per heavy atom. The molecular weight excluding hydrogens is 348 g/mol. The van der Waals surface area contributed by atoms with Crippen LogP contribution in [0.5, 0.6) is 0 Å². The summed E-state index contributed by atoms with van der Waals surface area (Å²) in [6.45, 7) is 1.89. The van der Waals surface area contributed by atoms with Crippen molar-refractivity contribution in [3.63, 3.8) is 0 Å². The molecule has 2 aromatic carbocycles. The number of anilines is 1. The molecule has 26 heavy (non-hydrogen) atoms. The largest absolute Gasteiger partial charge is 0.326 e. The van der Waals surface area contributed by atoms with Gasteiger partial charge in [-0.3, -0.25) is 9.52 Å². The summed E-state index contributed by atoms with van der Waals surface area (Å²) in [5, 5.41) is 2.84. The van der Waals surface area contributed by atoms with Gasteiger partial charge in [-0.05, 0) is 50.1 Å². The van der Waals surface area contributed by atoms with Crippen molar-refractivity contribution in [2.45, 2.75) is 24.7 Å². The molecule has 0 atom stereocenters. The quantitative estimate of drug-likeness (QED) is 0.844. The Bertz CT molecular complexity index is 974. The molecule has 134 valence electrons. The molecule has 3 rings (SSSR count). The number of sulfonamides is 1. The number of aryl methyl sites for hydroxylation is 1. The molecule has 5 nitrogen and oxygen atoms in total. The van der Waals surface area contributed by atoms with Gasteiger partial charge < -0.3 is 5.32 Å². The highest BCUT2D eigenvalue weighted by atomic mass is 32.2. The molecule has 0 fully saturated rings. The molecule has 2 N–H and O–H groups in total. The lowest BCUT2D eigenvalue weighted by atomic mass is 10.1. The third-order valence-electron chi connectivity index (χ3n) is 4.04. The van der Waals surface area contributed by atoms with Gasteiger partial charge in [-0.15, -0.1) is 0 Å². The van der Waals surface area contributed by atoms with Crippen LogP contribution in [0.3, 0.4) is 0 Å². The number of amides is 1. The minimum absolute atomic E-state index is 0.151. The van der Waals surface area contributed by atoms with Gasteiger partial charge in [0.1, 0.15) is 0 Å². The van der Waals surface area contributed by atoms with Crippen LogP contribution in [0.1, 0.15) is 28.8 Å². The van der Waals surface area contributed by atoms with Crippen LogP contribution in [0.4, 0.5) is 5.69 Å². The van der Waals surface area contributed by atoms with Crippen molar-refractivity contribution in [3.8, 4) is 0 Å². The fourth-order valence-corrected chi connectivity index (χ4v) is 3.69. The fourth-order valence-electron chi connectivity index (χ4n) is 2.61. The average Bonchev–Trinajstić information content (AvgIpc) is 2.63. The smallest absolute Gasteiger partial charge is 0.261 e. The lowest BCUT2D eigenvalue weighted by Gasteiger charge is -2.15. The predicted octanol–water partition coefficient (Wildman–Crippen LogP) is 3.76. The highest BCUT2D eigenvalue weighted by molar-refractivity contribution is 7.92. The molecule has 0 saturated heterocycles. The monoisotopic (exact) mass is 368 g/mol. The predicted molar refractivity (Wildman–Crippen MR) is 102 cm³/mol. The molecule has 0 aliphatic heterocycles. The molecule has 0 radical (unpaired) electrons. The lowest BCUT2D eigenvalue weighted by Crippen LogP contribution is -2.25. The number of benzene rings is 2. The number of hydrogen-bond donors (Lipinski definition) is 2. The van der Waals surface area contributed by atoms with Gasteiger partial charge in [-0.2, -0.15) is 0 Å². The first kappa shape index (κ1) is 17.9. The number of rotatable bonds is 5. The van der Waals surface area contributed by atoms with Crippen molar-refractivity contribution in [2.75, 3.05) is 4.72 Å². The Morgan fingerprint density at radius 1 is 1.04 bits per heavy atom. The number of para-hydroxylation sites is 1. The van der Waals surface area contributed by atoms with Crippen molar-refractivity contribution in [1.29, 1.82) is 0 Å². The maximum Gasteiger partial charge on any atom is 0.261 e. The number of allylic oxidation sites excluding steroid dienone is 4. The van der Waals surface area contributed by atoms with Crippen LogP contribution < -0.4 is 10.0 Å². The Labute approximate surface area is 153 Å². The summed E-state index contributed by atoms with van der Waals surface area (Å²) in [4.78, 5) is 12.7. The summed E-state index contributed by atoms with van der Waals surface area (Å²) in [6.07, 6.45) is 7.39. The summed E-state index contributed by atoms with van der Waals surface area (Å²) >= 11 is 0. The lowest BCUT2D eigenvalue weighted by molar-refractivity contribution is 0.0965. The van der Waals surface area contributed by atoms with Crippen LogP contribution in [-0.4, -0.2) is 14.3 Å². The van der Waals surface area contributed by atoms with Gasteiger partial charge in [-0.1, -0.05) is 42.0 Å². The molecular formula is C20H20N2O3S. The second-order valence-corrected chi connectivity index (χ2v) is 7.76. The Morgan fingerprint density at radius 2 is 1.77 bits per heavy atom. The van der Waals surface area contributed by atoms with Gasteiger partial charge >= 0.3 is 0 Å².